The molecule has 3 rings (SSSR count). The van der Waals surface area contributed by atoms with Crippen molar-refractivity contribution in [2.24, 2.45) is 0 Å². The van der Waals surface area contributed by atoms with Crippen LogP contribution in [0.25, 0.3) is 10.2 Å². The van der Waals surface area contributed by atoms with Crippen LogP contribution in [0.15, 0.2) is 48.8 Å². The molecule has 102 valence electrons. The van der Waals surface area contributed by atoms with Gasteiger partial charge in [0.1, 0.15) is 5.01 Å². The summed E-state index contributed by atoms with van der Waals surface area (Å²) in [4.78, 5) is 8.72. The lowest BCUT2D eigenvalue weighted by Crippen LogP contribution is -2.21. The Morgan fingerprint density at radius 2 is 1.95 bits per heavy atom. The number of hydrogen-bond acceptors (Lipinski definition) is 4. The Hall–Kier alpha value is -1.78. The van der Waals surface area contributed by atoms with Crippen molar-refractivity contribution in [1.82, 2.24) is 15.3 Å². The monoisotopic (exact) mass is 283 g/mol. The fraction of sp³-hybridized carbons (Fsp3) is 0.250. The van der Waals surface area contributed by atoms with Crippen LogP contribution in [0.2, 0.25) is 0 Å². The fourth-order valence-corrected chi connectivity index (χ4v) is 3.14. The van der Waals surface area contributed by atoms with Crippen LogP contribution in [0.5, 0.6) is 0 Å². The molecular formula is C16H17N3S. The molecule has 0 radical (unpaired) electrons. The van der Waals surface area contributed by atoms with Crippen molar-refractivity contribution in [2.75, 3.05) is 6.54 Å². The third-order valence-corrected chi connectivity index (χ3v) is 4.51. The predicted octanol–water partition coefficient (Wildman–Crippen LogP) is 3.58. The molecule has 2 aromatic heterocycles. The standard InChI is InChI=1S/C16H17N3S/c1-12(18-11-8-13-6-9-17-10-7-13)16-19-14-4-2-3-5-15(14)20-16/h2-7,9-10,12,18H,8,11H2,1H3. The number of nitrogens with one attached hydrogen (secondary N) is 1. The van der Waals surface area contributed by atoms with Gasteiger partial charge in [0.2, 0.25) is 0 Å². The first-order valence-electron chi connectivity index (χ1n) is 6.81. The molecule has 1 aromatic carbocycles. The average Bonchev–Trinajstić information content (AvgIpc) is 2.92. The third kappa shape index (κ3) is 3.03. The predicted molar refractivity (Wildman–Crippen MR) is 84.0 cm³/mol. The van der Waals surface area contributed by atoms with Gasteiger partial charge in [0.15, 0.2) is 0 Å². The highest BCUT2D eigenvalue weighted by molar-refractivity contribution is 7.18. The van der Waals surface area contributed by atoms with Gasteiger partial charge in [-0.1, -0.05) is 12.1 Å². The molecule has 0 fully saturated rings. The SMILES string of the molecule is CC(NCCc1ccncc1)c1nc2ccccc2s1. The van der Waals surface area contributed by atoms with Gasteiger partial charge < -0.3 is 5.32 Å². The third-order valence-electron chi connectivity index (χ3n) is 3.29. The molecule has 0 aliphatic rings. The van der Waals surface area contributed by atoms with E-state index in [9.17, 15) is 0 Å². The van der Waals surface area contributed by atoms with Crippen molar-refractivity contribution < 1.29 is 0 Å². The zero-order valence-corrected chi connectivity index (χ0v) is 12.2. The summed E-state index contributed by atoms with van der Waals surface area (Å²) in [6, 6.07) is 12.7. The summed E-state index contributed by atoms with van der Waals surface area (Å²) < 4.78 is 1.25. The number of para-hydroxylation sites is 1. The van der Waals surface area contributed by atoms with E-state index in [1.54, 1.807) is 11.3 Å². The van der Waals surface area contributed by atoms with Crippen LogP contribution in [0.3, 0.4) is 0 Å². The van der Waals surface area contributed by atoms with Crippen molar-refractivity contribution in [2.45, 2.75) is 19.4 Å². The van der Waals surface area contributed by atoms with E-state index in [-0.39, 0.29) is 6.04 Å². The molecule has 1 unspecified atom stereocenters. The molecule has 3 aromatic rings. The number of rotatable bonds is 5. The zero-order valence-electron chi connectivity index (χ0n) is 11.4. The van der Waals surface area contributed by atoms with Gasteiger partial charge in [-0.15, -0.1) is 11.3 Å². The molecule has 4 heteroatoms. The second-order valence-corrected chi connectivity index (χ2v) is 5.86. The normalized spacial score (nSPS) is 12.7. The van der Waals surface area contributed by atoms with Crippen molar-refractivity contribution in [3.63, 3.8) is 0 Å². The van der Waals surface area contributed by atoms with Crippen molar-refractivity contribution in [1.29, 1.82) is 0 Å². The van der Waals surface area contributed by atoms with E-state index in [1.165, 1.54) is 10.3 Å². The summed E-state index contributed by atoms with van der Waals surface area (Å²) in [6.07, 6.45) is 4.69. The number of benzene rings is 1. The lowest BCUT2D eigenvalue weighted by Gasteiger charge is -2.10. The Bertz CT molecular complexity index is 645. The zero-order chi connectivity index (χ0) is 13.8. The molecule has 0 aliphatic carbocycles. The topological polar surface area (TPSA) is 37.8 Å². The van der Waals surface area contributed by atoms with Gasteiger partial charge in [0.05, 0.1) is 16.3 Å². The molecule has 0 amide bonds. The summed E-state index contributed by atoms with van der Waals surface area (Å²) in [5.74, 6) is 0. The molecular weight excluding hydrogens is 266 g/mol. The van der Waals surface area contributed by atoms with Gasteiger partial charge in [0.25, 0.3) is 0 Å². The molecule has 0 saturated carbocycles. The Morgan fingerprint density at radius 3 is 2.75 bits per heavy atom. The summed E-state index contributed by atoms with van der Waals surface area (Å²) in [7, 11) is 0. The highest BCUT2D eigenvalue weighted by Crippen LogP contribution is 2.25. The van der Waals surface area contributed by atoms with Crippen LogP contribution < -0.4 is 5.32 Å². The van der Waals surface area contributed by atoms with Gasteiger partial charge in [-0.3, -0.25) is 4.98 Å². The number of fused-ring (bicyclic) bond motifs is 1. The Balaban J connectivity index is 1.60. The van der Waals surface area contributed by atoms with Gasteiger partial charge in [-0.05, 0) is 49.7 Å². The maximum atomic E-state index is 4.68. The molecule has 20 heavy (non-hydrogen) atoms. The summed E-state index contributed by atoms with van der Waals surface area (Å²) in [5, 5.41) is 4.69. The Morgan fingerprint density at radius 1 is 1.15 bits per heavy atom. The number of pyridine rings is 1. The van der Waals surface area contributed by atoms with Gasteiger partial charge in [-0.25, -0.2) is 4.98 Å². The number of hydrogen-bond donors (Lipinski definition) is 1. The second kappa shape index (κ2) is 6.11. The van der Waals surface area contributed by atoms with E-state index in [1.807, 2.05) is 18.5 Å². The Labute approximate surface area is 122 Å². The summed E-state index contributed by atoms with van der Waals surface area (Å²) in [6.45, 7) is 3.12. The molecule has 2 heterocycles. The minimum Gasteiger partial charge on any atom is -0.308 e. The van der Waals surface area contributed by atoms with E-state index in [2.05, 4.69) is 52.5 Å². The summed E-state index contributed by atoms with van der Waals surface area (Å²) in [5.41, 5.74) is 2.40. The van der Waals surface area contributed by atoms with Crippen LogP contribution in [0, 0.1) is 0 Å². The van der Waals surface area contributed by atoms with Crippen LogP contribution in [-0.2, 0) is 6.42 Å². The van der Waals surface area contributed by atoms with Crippen LogP contribution in [-0.4, -0.2) is 16.5 Å². The van der Waals surface area contributed by atoms with E-state index < -0.39 is 0 Å². The van der Waals surface area contributed by atoms with E-state index in [0.717, 1.165) is 23.5 Å². The number of thiazole rings is 1. The van der Waals surface area contributed by atoms with Gasteiger partial charge >= 0.3 is 0 Å². The lowest BCUT2D eigenvalue weighted by molar-refractivity contribution is 0.575. The molecule has 1 atom stereocenters. The lowest BCUT2D eigenvalue weighted by atomic mass is 10.2. The molecule has 0 saturated heterocycles. The van der Waals surface area contributed by atoms with Crippen LogP contribution in [0.1, 0.15) is 23.5 Å². The quantitative estimate of drug-likeness (QED) is 0.777. The number of nitrogens with zero attached hydrogens (tertiary/aromatic N) is 2. The highest BCUT2D eigenvalue weighted by Gasteiger charge is 2.10. The van der Waals surface area contributed by atoms with Crippen molar-refractivity contribution >= 4 is 21.6 Å². The minimum absolute atomic E-state index is 0.286. The Kier molecular flexibility index (Phi) is 4.04. The molecule has 1 N–H and O–H groups in total. The molecule has 3 nitrogen and oxygen atoms in total. The first kappa shape index (κ1) is 13.2. The average molecular weight is 283 g/mol. The first-order valence-corrected chi connectivity index (χ1v) is 7.62. The smallest absolute Gasteiger partial charge is 0.111 e. The highest BCUT2D eigenvalue weighted by atomic mass is 32.1. The van der Waals surface area contributed by atoms with Gasteiger partial charge in [0, 0.05) is 12.4 Å². The van der Waals surface area contributed by atoms with E-state index in [0.29, 0.717) is 0 Å². The van der Waals surface area contributed by atoms with Crippen LogP contribution in [0.4, 0.5) is 0 Å². The summed E-state index contributed by atoms with van der Waals surface area (Å²) >= 11 is 1.77. The van der Waals surface area contributed by atoms with Crippen LogP contribution >= 0.6 is 11.3 Å². The number of aromatic nitrogens is 2. The van der Waals surface area contributed by atoms with E-state index >= 15 is 0 Å². The maximum Gasteiger partial charge on any atom is 0.111 e. The van der Waals surface area contributed by atoms with Crippen molar-refractivity contribution in [3.05, 3.63) is 59.4 Å². The molecule has 0 spiro atoms. The molecule has 0 aliphatic heterocycles. The van der Waals surface area contributed by atoms with E-state index in [4.69, 9.17) is 0 Å². The minimum atomic E-state index is 0.286. The second-order valence-electron chi connectivity index (χ2n) is 4.80. The fourth-order valence-electron chi connectivity index (χ4n) is 2.15. The largest absolute Gasteiger partial charge is 0.308 e. The first-order chi connectivity index (χ1) is 9.83. The van der Waals surface area contributed by atoms with Crippen molar-refractivity contribution in [3.8, 4) is 0 Å². The maximum absolute atomic E-state index is 4.68. The van der Waals surface area contributed by atoms with Gasteiger partial charge in [-0.2, -0.15) is 0 Å². The molecule has 0 bridgehead atoms.